The molecule has 35 heavy (non-hydrogen) atoms. The summed E-state index contributed by atoms with van der Waals surface area (Å²) in [5, 5.41) is 12.3. The van der Waals surface area contributed by atoms with Gasteiger partial charge in [0.1, 0.15) is 25.4 Å². The van der Waals surface area contributed by atoms with Crippen LogP contribution < -0.4 is 5.32 Å². The van der Waals surface area contributed by atoms with E-state index in [0.29, 0.717) is 18.1 Å². The Hall–Kier alpha value is -4.25. The molecule has 1 saturated heterocycles. The number of esters is 1. The maximum Gasteiger partial charge on any atom is 0.357 e. The molecular formula is C24H22N4O7. The first-order valence-corrected chi connectivity index (χ1v) is 10.9. The number of aromatic nitrogens is 3. The van der Waals surface area contributed by atoms with Gasteiger partial charge in [-0.15, -0.1) is 0 Å². The average molecular weight is 478 g/mol. The highest BCUT2D eigenvalue weighted by atomic mass is 16.5. The summed E-state index contributed by atoms with van der Waals surface area (Å²) in [5.41, 5.74) is 0.659. The Kier molecular flexibility index (Phi) is 5.69. The van der Waals surface area contributed by atoms with E-state index >= 15 is 0 Å². The molecule has 4 heterocycles. The van der Waals surface area contributed by atoms with E-state index in [9.17, 15) is 9.59 Å². The van der Waals surface area contributed by atoms with Crippen LogP contribution in [-0.2, 0) is 16.1 Å². The third kappa shape index (κ3) is 4.45. The Labute approximate surface area is 199 Å². The SMILES string of the molecule is CC1(C)NC[C@@H](c2nc(-c3nc(-c4nc(C(=O)O)co4)co3)co2)C1C(=O)OCc1ccccc1. The van der Waals surface area contributed by atoms with Crippen LogP contribution in [0.25, 0.3) is 23.2 Å². The van der Waals surface area contributed by atoms with Crippen molar-refractivity contribution >= 4 is 11.9 Å². The Balaban J connectivity index is 1.33. The first kappa shape index (κ1) is 22.5. The summed E-state index contributed by atoms with van der Waals surface area (Å²) in [6.07, 6.45) is 3.69. The zero-order valence-electron chi connectivity index (χ0n) is 18.9. The van der Waals surface area contributed by atoms with Gasteiger partial charge in [0.15, 0.2) is 23.0 Å². The molecule has 0 bridgehead atoms. The zero-order valence-corrected chi connectivity index (χ0v) is 18.9. The average Bonchev–Trinajstić information content (AvgIpc) is 3.63. The number of carboxylic acids is 1. The molecule has 0 saturated carbocycles. The molecule has 11 heteroatoms. The Morgan fingerprint density at radius 2 is 1.71 bits per heavy atom. The van der Waals surface area contributed by atoms with Gasteiger partial charge in [-0.1, -0.05) is 30.3 Å². The van der Waals surface area contributed by atoms with E-state index in [-0.39, 0.29) is 41.7 Å². The van der Waals surface area contributed by atoms with Crippen molar-refractivity contribution in [2.75, 3.05) is 6.54 Å². The van der Waals surface area contributed by atoms with Gasteiger partial charge >= 0.3 is 11.9 Å². The molecule has 4 aromatic rings. The fourth-order valence-corrected chi connectivity index (χ4v) is 4.15. The second-order valence-corrected chi connectivity index (χ2v) is 8.73. The topological polar surface area (TPSA) is 154 Å². The van der Waals surface area contributed by atoms with Gasteiger partial charge in [0.2, 0.25) is 11.8 Å². The number of carbonyl (C=O) groups is 2. The molecule has 0 aliphatic carbocycles. The number of ether oxygens (including phenoxy) is 1. The number of oxazole rings is 3. The van der Waals surface area contributed by atoms with Gasteiger partial charge < -0.3 is 28.4 Å². The summed E-state index contributed by atoms with van der Waals surface area (Å²) < 4.78 is 22.0. The van der Waals surface area contributed by atoms with Crippen LogP contribution in [0.1, 0.15) is 41.7 Å². The molecule has 0 spiro atoms. The van der Waals surface area contributed by atoms with Crippen LogP contribution in [0.4, 0.5) is 0 Å². The standard InChI is InChI=1S/C24H22N4O7/c1-24(2)18(23(31)35-9-13-6-4-3-5-7-13)14(8-25-24)19-26-15(10-32-19)20-27-16(11-33-20)21-28-17(12-34-21)22(29)30/h3-7,10-12,14,18,25H,8-9H2,1-2H3,(H,29,30)/t14-,18?/m1/s1. The predicted octanol–water partition coefficient (Wildman–Crippen LogP) is 3.51. The van der Waals surface area contributed by atoms with Crippen molar-refractivity contribution in [3.8, 4) is 23.2 Å². The summed E-state index contributed by atoms with van der Waals surface area (Å²) >= 11 is 0. The smallest absolute Gasteiger partial charge is 0.357 e. The molecule has 1 aromatic carbocycles. The van der Waals surface area contributed by atoms with Crippen molar-refractivity contribution in [2.24, 2.45) is 5.92 Å². The van der Waals surface area contributed by atoms with Gasteiger partial charge in [-0.05, 0) is 19.4 Å². The third-order valence-electron chi connectivity index (χ3n) is 5.94. The Bertz CT molecular complexity index is 1350. The lowest BCUT2D eigenvalue weighted by Crippen LogP contribution is -2.42. The van der Waals surface area contributed by atoms with E-state index < -0.39 is 17.4 Å². The highest BCUT2D eigenvalue weighted by Crippen LogP contribution is 2.39. The second-order valence-electron chi connectivity index (χ2n) is 8.73. The molecule has 0 radical (unpaired) electrons. The largest absolute Gasteiger partial charge is 0.476 e. The summed E-state index contributed by atoms with van der Waals surface area (Å²) in [4.78, 5) is 36.7. The Morgan fingerprint density at radius 3 is 2.46 bits per heavy atom. The summed E-state index contributed by atoms with van der Waals surface area (Å²) in [6.45, 7) is 4.53. The molecule has 2 atom stereocenters. The lowest BCUT2D eigenvalue weighted by molar-refractivity contribution is -0.152. The molecule has 1 aliphatic rings. The summed E-state index contributed by atoms with van der Waals surface area (Å²) in [6, 6.07) is 9.48. The quantitative estimate of drug-likeness (QED) is 0.375. The second kappa shape index (κ2) is 8.84. The van der Waals surface area contributed by atoms with Gasteiger partial charge in [-0.25, -0.2) is 19.7 Å². The van der Waals surface area contributed by atoms with E-state index in [1.54, 1.807) is 0 Å². The fourth-order valence-electron chi connectivity index (χ4n) is 4.15. The molecule has 5 rings (SSSR count). The van der Waals surface area contributed by atoms with E-state index in [4.69, 9.17) is 23.1 Å². The molecular weight excluding hydrogens is 456 g/mol. The number of hydrogen-bond donors (Lipinski definition) is 2. The van der Waals surface area contributed by atoms with Gasteiger partial charge in [-0.3, -0.25) is 4.79 Å². The van der Waals surface area contributed by atoms with Gasteiger partial charge in [0.05, 0.1) is 11.8 Å². The zero-order chi connectivity index (χ0) is 24.6. The molecule has 1 fully saturated rings. The number of nitrogens with one attached hydrogen (secondary N) is 1. The monoisotopic (exact) mass is 478 g/mol. The molecule has 0 amide bonds. The minimum absolute atomic E-state index is 0.00378. The van der Waals surface area contributed by atoms with Crippen LogP contribution in [0.15, 0.2) is 62.4 Å². The molecule has 11 nitrogen and oxygen atoms in total. The number of hydrogen-bond acceptors (Lipinski definition) is 10. The molecule has 2 N–H and O–H groups in total. The molecule has 1 aliphatic heterocycles. The number of rotatable bonds is 7. The lowest BCUT2D eigenvalue weighted by atomic mass is 9.82. The minimum atomic E-state index is -1.21. The molecule has 3 aromatic heterocycles. The lowest BCUT2D eigenvalue weighted by Gasteiger charge is -2.27. The maximum absolute atomic E-state index is 13.1. The highest BCUT2D eigenvalue weighted by molar-refractivity contribution is 5.85. The number of carbonyl (C=O) groups excluding carboxylic acids is 1. The predicted molar refractivity (Wildman–Crippen MR) is 119 cm³/mol. The van der Waals surface area contributed by atoms with Crippen LogP contribution in [-0.4, -0.2) is 44.1 Å². The van der Waals surface area contributed by atoms with Crippen molar-refractivity contribution in [1.82, 2.24) is 20.3 Å². The van der Waals surface area contributed by atoms with Crippen LogP contribution in [0, 0.1) is 5.92 Å². The van der Waals surface area contributed by atoms with Crippen LogP contribution >= 0.6 is 0 Å². The van der Waals surface area contributed by atoms with Gasteiger partial charge in [-0.2, -0.15) is 0 Å². The van der Waals surface area contributed by atoms with Crippen LogP contribution in [0.3, 0.4) is 0 Å². The van der Waals surface area contributed by atoms with E-state index in [2.05, 4.69) is 20.3 Å². The van der Waals surface area contributed by atoms with Gasteiger partial charge in [0.25, 0.3) is 0 Å². The summed E-state index contributed by atoms with van der Waals surface area (Å²) in [5.74, 6) is -1.95. The summed E-state index contributed by atoms with van der Waals surface area (Å²) in [7, 11) is 0. The number of nitrogens with zero attached hydrogens (tertiary/aromatic N) is 3. The van der Waals surface area contributed by atoms with E-state index in [1.807, 2.05) is 44.2 Å². The molecule has 1 unspecified atom stereocenters. The van der Waals surface area contributed by atoms with Crippen molar-refractivity contribution < 1.29 is 32.7 Å². The fraction of sp³-hybridized carbons (Fsp3) is 0.292. The third-order valence-corrected chi connectivity index (χ3v) is 5.94. The molecule has 180 valence electrons. The maximum atomic E-state index is 13.1. The Morgan fingerprint density at radius 1 is 1.03 bits per heavy atom. The first-order chi connectivity index (χ1) is 16.8. The number of aromatic carboxylic acids is 1. The van der Waals surface area contributed by atoms with Crippen molar-refractivity contribution in [3.05, 3.63) is 66.3 Å². The van der Waals surface area contributed by atoms with Gasteiger partial charge in [0, 0.05) is 12.1 Å². The number of benzene rings is 1. The van der Waals surface area contributed by atoms with Crippen molar-refractivity contribution in [2.45, 2.75) is 31.9 Å². The van der Waals surface area contributed by atoms with Crippen molar-refractivity contribution in [3.63, 3.8) is 0 Å². The van der Waals surface area contributed by atoms with E-state index in [1.165, 1.54) is 12.5 Å². The van der Waals surface area contributed by atoms with Crippen LogP contribution in [0.5, 0.6) is 0 Å². The minimum Gasteiger partial charge on any atom is -0.476 e. The van der Waals surface area contributed by atoms with Crippen LogP contribution in [0.2, 0.25) is 0 Å². The first-order valence-electron chi connectivity index (χ1n) is 10.9. The highest BCUT2D eigenvalue weighted by Gasteiger charge is 2.50. The van der Waals surface area contributed by atoms with E-state index in [0.717, 1.165) is 11.8 Å². The normalized spacial score (nSPS) is 19.0. The van der Waals surface area contributed by atoms with Crippen molar-refractivity contribution in [1.29, 1.82) is 0 Å². The number of carboxylic acid groups (broad SMARTS) is 1.